The fraction of sp³-hybridized carbons (Fsp3) is 0.654. The number of nitrogens with one attached hydrogen (secondary N) is 1. The summed E-state index contributed by atoms with van der Waals surface area (Å²) in [6.45, 7) is 4.24. The number of aryl methyl sites for hydroxylation is 1. The number of fused-ring (bicyclic) bond motifs is 3. The van der Waals surface area contributed by atoms with Gasteiger partial charge in [0.05, 0.1) is 25.3 Å². The number of anilines is 1. The fourth-order valence-corrected chi connectivity index (χ4v) is 5.73. The van der Waals surface area contributed by atoms with Crippen molar-refractivity contribution in [3.63, 3.8) is 0 Å². The van der Waals surface area contributed by atoms with Crippen LogP contribution >= 0.6 is 0 Å². The van der Waals surface area contributed by atoms with Gasteiger partial charge >= 0.3 is 0 Å². The predicted molar refractivity (Wildman–Crippen MR) is 128 cm³/mol. The third-order valence-electron chi connectivity index (χ3n) is 7.41. The summed E-state index contributed by atoms with van der Waals surface area (Å²) < 4.78 is 11.9. The van der Waals surface area contributed by atoms with Gasteiger partial charge in [0.2, 0.25) is 0 Å². The minimum Gasteiger partial charge on any atom is -0.493 e. The maximum Gasteiger partial charge on any atom is 0.163 e. The van der Waals surface area contributed by atoms with Crippen molar-refractivity contribution in [1.82, 2.24) is 9.88 Å². The third-order valence-corrected chi connectivity index (χ3v) is 7.41. The molecule has 0 radical (unpaired) electrons. The zero-order valence-corrected chi connectivity index (χ0v) is 19.4. The molecule has 2 aromatic rings. The van der Waals surface area contributed by atoms with Gasteiger partial charge in [-0.3, -0.25) is 0 Å². The molecule has 1 aromatic carbocycles. The molecule has 32 heavy (non-hydrogen) atoms. The normalized spacial score (nSPS) is 23.4. The first kappa shape index (κ1) is 21.8. The van der Waals surface area contributed by atoms with Crippen molar-refractivity contribution in [2.75, 3.05) is 38.7 Å². The average Bonchev–Trinajstić information content (AvgIpc) is 3.49. The molecule has 2 N–H and O–H groups in total. The summed E-state index contributed by atoms with van der Waals surface area (Å²) in [4.78, 5) is 7.58. The Bertz CT molecular complexity index is 942. The van der Waals surface area contributed by atoms with Crippen LogP contribution in [0.4, 0.5) is 5.82 Å². The van der Waals surface area contributed by atoms with E-state index < -0.39 is 0 Å². The molecule has 0 spiro atoms. The molecular weight excluding hydrogens is 402 g/mol. The van der Waals surface area contributed by atoms with Crippen LogP contribution in [0, 0.1) is 0 Å². The molecular formula is C26H37N3O3. The van der Waals surface area contributed by atoms with Crippen LogP contribution in [0.1, 0.15) is 62.5 Å². The van der Waals surface area contributed by atoms with Crippen molar-refractivity contribution in [2.24, 2.45) is 0 Å². The Hall–Kier alpha value is -2.05. The lowest BCUT2D eigenvalue weighted by molar-refractivity contribution is 0.124. The van der Waals surface area contributed by atoms with Crippen molar-refractivity contribution < 1.29 is 14.6 Å². The van der Waals surface area contributed by atoms with E-state index in [1.807, 2.05) is 0 Å². The number of aliphatic hydroxyl groups excluding tert-OH is 1. The Balaban J connectivity index is 1.37. The van der Waals surface area contributed by atoms with E-state index in [1.165, 1.54) is 42.4 Å². The van der Waals surface area contributed by atoms with Gasteiger partial charge in [0, 0.05) is 24.0 Å². The summed E-state index contributed by atoms with van der Waals surface area (Å²) in [6.07, 6.45) is 10.7. The van der Waals surface area contributed by atoms with Crippen LogP contribution in [0.2, 0.25) is 0 Å². The highest BCUT2D eigenvalue weighted by atomic mass is 16.5. The first-order valence-corrected chi connectivity index (χ1v) is 12.5. The van der Waals surface area contributed by atoms with Gasteiger partial charge in [0.25, 0.3) is 0 Å². The zero-order valence-electron chi connectivity index (χ0n) is 19.4. The predicted octanol–water partition coefficient (Wildman–Crippen LogP) is 4.31. The molecule has 3 aliphatic rings. The Morgan fingerprint density at radius 1 is 1.06 bits per heavy atom. The Morgan fingerprint density at radius 3 is 2.72 bits per heavy atom. The maximum atomic E-state index is 10.1. The summed E-state index contributed by atoms with van der Waals surface area (Å²) in [5, 5.41) is 15.0. The molecule has 5 rings (SSSR count). The molecule has 6 nitrogen and oxygen atoms in total. The summed E-state index contributed by atoms with van der Waals surface area (Å²) in [6, 6.07) is 4.48. The first-order valence-electron chi connectivity index (χ1n) is 12.5. The van der Waals surface area contributed by atoms with E-state index in [1.54, 1.807) is 7.11 Å². The molecule has 2 atom stereocenters. The smallest absolute Gasteiger partial charge is 0.163 e. The van der Waals surface area contributed by atoms with Crippen LogP contribution in [0.15, 0.2) is 12.1 Å². The standard InChI is InChI=1S/C26H37N3O3/c1-31-24-16-22-20-9-5-10-21(20)26(27-18-7-4-8-19(30)15-18)28-23(22)17-25(24)32-14-6-13-29-11-2-3-12-29/h16-19,30H,2-15H2,1H3,(H,27,28)/t18-,19+/m1/s1. The molecule has 0 bridgehead atoms. The monoisotopic (exact) mass is 439 g/mol. The Morgan fingerprint density at radius 2 is 1.91 bits per heavy atom. The van der Waals surface area contributed by atoms with Crippen molar-refractivity contribution in [1.29, 1.82) is 0 Å². The molecule has 0 unspecified atom stereocenters. The highest BCUT2D eigenvalue weighted by Crippen LogP contribution is 2.39. The van der Waals surface area contributed by atoms with Crippen molar-refractivity contribution in [3.05, 3.63) is 23.3 Å². The largest absolute Gasteiger partial charge is 0.493 e. The molecule has 2 fully saturated rings. The quantitative estimate of drug-likeness (QED) is 0.598. The number of benzene rings is 1. The lowest BCUT2D eigenvalue weighted by Crippen LogP contribution is -2.30. The van der Waals surface area contributed by atoms with Gasteiger partial charge in [0.1, 0.15) is 5.82 Å². The highest BCUT2D eigenvalue weighted by Gasteiger charge is 2.25. The number of aliphatic hydroxyl groups is 1. The minimum atomic E-state index is -0.195. The van der Waals surface area contributed by atoms with Crippen molar-refractivity contribution >= 4 is 16.7 Å². The number of pyridine rings is 1. The topological polar surface area (TPSA) is 66.8 Å². The third kappa shape index (κ3) is 4.67. The number of hydrogen-bond acceptors (Lipinski definition) is 6. The van der Waals surface area contributed by atoms with E-state index in [0.29, 0.717) is 12.6 Å². The van der Waals surface area contributed by atoms with E-state index >= 15 is 0 Å². The molecule has 0 amide bonds. The van der Waals surface area contributed by atoms with Gasteiger partial charge in [-0.2, -0.15) is 0 Å². The summed E-state index contributed by atoms with van der Waals surface area (Å²) in [5.41, 5.74) is 3.71. The number of hydrogen-bond donors (Lipinski definition) is 2. The van der Waals surface area contributed by atoms with E-state index in [4.69, 9.17) is 14.5 Å². The second kappa shape index (κ2) is 9.84. The SMILES string of the molecule is COc1cc2c3c(c(N[C@@H]4CCC[C@H](O)C4)nc2cc1OCCCN1CCCC1)CCC3. The van der Waals surface area contributed by atoms with Crippen LogP contribution in [0.5, 0.6) is 11.5 Å². The number of aromatic nitrogens is 1. The second-order valence-electron chi connectivity index (χ2n) is 9.70. The number of ether oxygens (including phenoxy) is 2. The molecule has 2 aliphatic carbocycles. The molecule has 6 heteroatoms. The molecule has 1 saturated heterocycles. The van der Waals surface area contributed by atoms with Crippen LogP contribution in [-0.2, 0) is 12.8 Å². The number of methoxy groups -OCH3 is 1. The number of likely N-dealkylation sites (tertiary alicyclic amines) is 1. The van der Waals surface area contributed by atoms with Crippen LogP contribution in [0.25, 0.3) is 10.9 Å². The Labute approximate surface area is 191 Å². The highest BCUT2D eigenvalue weighted by molar-refractivity contribution is 5.89. The average molecular weight is 440 g/mol. The maximum absolute atomic E-state index is 10.1. The second-order valence-corrected chi connectivity index (χ2v) is 9.70. The van der Waals surface area contributed by atoms with Gasteiger partial charge in [-0.15, -0.1) is 0 Å². The van der Waals surface area contributed by atoms with E-state index in [-0.39, 0.29) is 6.10 Å². The zero-order chi connectivity index (χ0) is 21.9. The summed E-state index contributed by atoms with van der Waals surface area (Å²) >= 11 is 0. The Kier molecular flexibility index (Phi) is 6.69. The summed E-state index contributed by atoms with van der Waals surface area (Å²) in [7, 11) is 1.72. The van der Waals surface area contributed by atoms with Gasteiger partial charge in [-0.1, -0.05) is 0 Å². The van der Waals surface area contributed by atoms with Crippen molar-refractivity contribution in [2.45, 2.75) is 76.4 Å². The van der Waals surface area contributed by atoms with Gasteiger partial charge in [-0.05, 0) is 94.5 Å². The summed E-state index contributed by atoms with van der Waals surface area (Å²) in [5.74, 6) is 2.59. The van der Waals surface area contributed by atoms with Crippen molar-refractivity contribution in [3.8, 4) is 11.5 Å². The lowest BCUT2D eigenvalue weighted by atomic mass is 9.93. The molecule has 1 aliphatic heterocycles. The fourth-order valence-electron chi connectivity index (χ4n) is 5.73. The van der Waals surface area contributed by atoms with E-state index in [9.17, 15) is 5.11 Å². The first-order chi connectivity index (χ1) is 15.7. The molecule has 1 saturated carbocycles. The molecule has 174 valence electrons. The van der Waals surface area contributed by atoms with Crippen LogP contribution in [-0.4, -0.2) is 60.5 Å². The minimum absolute atomic E-state index is 0.195. The van der Waals surface area contributed by atoms with Gasteiger partial charge < -0.3 is 24.8 Å². The number of rotatable bonds is 8. The van der Waals surface area contributed by atoms with Gasteiger partial charge in [-0.25, -0.2) is 4.98 Å². The molecule has 2 heterocycles. The molecule has 1 aromatic heterocycles. The van der Waals surface area contributed by atoms with Gasteiger partial charge in [0.15, 0.2) is 11.5 Å². The van der Waals surface area contributed by atoms with Crippen LogP contribution < -0.4 is 14.8 Å². The number of nitrogens with zero attached hydrogens (tertiary/aromatic N) is 2. The van der Waals surface area contributed by atoms with E-state index in [2.05, 4.69) is 22.3 Å². The van der Waals surface area contributed by atoms with Crippen LogP contribution in [0.3, 0.4) is 0 Å². The lowest BCUT2D eigenvalue weighted by Gasteiger charge is -2.28. The van der Waals surface area contributed by atoms with E-state index in [0.717, 1.165) is 80.7 Å².